The molecule has 3 aromatic carbocycles. The van der Waals surface area contributed by atoms with E-state index in [0.717, 1.165) is 53.7 Å². The van der Waals surface area contributed by atoms with Crippen LogP contribution >= 0.6 is 15.9 Å². The second kappa shape index (κ2) is 13.1. The fourth-order valence-corrected chi connectivity index (χ4v) is 4.46. The van der Waals surface area contributed by atoms with Crippen molar-refractivity contribution < 1.29 is 19.2 Å². The van der Waals surface area contributed by atoms with Gasteiger partial charge in [-0.15, -0.1) is 0 Å². The van der Waals surface area contributed by atoms with Gasteiger partial charge in [0.2, 0.25) is 0 Å². The molecule has 192 valence electrons. The average molecular weight is 564 g/mol. The first kappa shape index (κ1) is 26.4. The topological polar surface area (TPSA) is 71.4 Å². The Morgan fingerprint density at radius 3 is 2.38 bits per heavy atom. The van der Waals surface area contributed by atoms with E-state index in [0.29, 0.717) is 17.8 Å². The van der Waals surface area contributed by atoms with Crippen molar-refractivity contribution >= 4 is 39.6 Å². The minimum absolute atomic E-state index is 0.0534. The molecule has 1 heterocycles. The maximum atomic E-state index is 13.4. The number of oxime groups is 1. The predicted molar refractivity (Wildman–Crippen MR) is 148 cm³/mol. The first-order chi connectivity index (χ1) is 18.0. The van der Waals surface area contributed by atoms with Crippen molar-refractivity contribution in [2.24, 2.45) is 5.16 Å². The highest BCUT2D eigenvalue weighted by molar-refractivity contribution is 9.10. The van der Waals surface area contributed by atoms with Gasteiger partial charge < -0.3 is 19.4 Å². The first-order valence-corrected chi connectivity index (χ1v) is 13.1. The van der Waals surface area contributed by atoms with E-state index >= 15 is 0 Å². The molecule has 0 aliphatic carbocycles. The van der Waals surface area contributed by atoms with E-state index in [-0.39, 0.29) is 18.4 Å². The zero-order valence-corrected chi connectivity index (χ0v) is 22.4. The SMILES string of the molecule is COc1ccc(C=NOCC(=O)N(Cc2ccc(Br)cc2)c2ccccc2C(=O)N2CCCCC2)cc1. The number of likely N-dealkylation sites (tertiary alicyclic amines) is 1. The Bertz CT molecular complexity index is 1220. The monoisotopic (exact) mass is 563 g/mol. The maximum Gasteiger partial charge on any atom is 0.268 e. The predicted octanol–water partition coefficient (Wildman–Crippen LogP) is 5.67. The summed E-state index contributed by atoms with van der Waals surface area (Å²) in [5.41, 5.74) is 2.82. The molecule has 0 unspecified atom stereocenters. The van der Waals surface area contributed by atoms with Gasteiger partial charge in [-0.05, 0) is 78.9 Å². The number of carbonyl (C=O) groups excluding carboxylic acids is 2. The minimum atomic E-state index is -0.298. The summed E-state index contributed by atoms with van der Waals surface area (Å²) in [6, 6.07) is 22.4. The third-order valence-electron chi connectivity index (χ3n) is 6.20. The fraction of sp³-hybridized carbons (Fsp3) is 0.276. The van der Waals surface area contributed by atoms with Crippen LogP contribution in [0.3, 0.4) is 0 Å². The molecule has 0 bridgehead atoms. The van der Waals surface area contributed by atoms with Gasteiger partial charge in [-0.3, -0.25) is 9.59 Å². The van der Waals surface area contributed by atoms with Gasteiger partial charge in [-0.25, -0.2) is 0 Å². The van der Waals surface area contributed by atoms with Gasteiger partial charge in [0.05, 0.1) is 31.1 Å². The van der Waals surface area contributed by atoms with Crippen molar-refractivity contribution in [1.29, 1.82) is 0 Å². The number of rotatable bonds is 9. The molecule has 8 heteroatoms. The lowest BCUT2D eigenvalue weighted by molar-refractivity contribution is -0.123. The van der Waals surface area contributed by atoms with Gasteiger partial charge in [0.15, 0.2) is 6.61 Å². The van der Waals surface area contributed by atoms with Crippen LogP contribution < -0.4 is 9.64 Å². The number of para-hydroxylation sites is 1. The molecule has 0 spiro atoms. The number of halogens is 1. The molecule has 2 amide bonds. The lowest BCUT2D eigenvalue weighted by Crippen LogP contribution is -2.38. The summed E-state index contributed by atoms with van der Waals surface area (Å²) in [5.74, 6) is 0.394. The summed E-state index contributed by atoms with van der Waals surface area (Å²) >= 11 is 3.46. The number of anilines is 1. The molecule has 7 nitrogen and oxygen atoms in total. The van der Waals surface area contributed by atoms with E-state index in [1.54, 1.807) is 24.3 Å². The lowest BCUT2D eigenvalue weighted by atomic mass is 10.1. The zero-order valence-electron chi connectivity index (χ0n) is 20.8. The Morgan fingerprint density at radius 2 is 1.68 bits per heavy atom. The van der Waals surface area contributed by atoms with Crippen molar-refractivity contribution in [1.82, 2.24) is 4.90 Å². The Morgan fingerprint density at radius 1 is 0.973 bits per heavy atom. The zero-order chi connectivity index (χ0) is 26.0. The molecule has 0 N–H and O–H groups in total. The molecule has 0 saturated carbocycles. The van der Waals surface area contributed by atoms with Crippen molar-refractivity contribution in [3.63, 3.8) is 0 Å². The normalized spacial score (nSPS) is 13.4. The molecule has 37 heavy (non-hydrogen) atoms. The van der Waals surface area contributed by atoms with E-state index in [2.05, 4.69) is 21.1 Å². The van der Waals surface area contributed by atoms with Crippen molar-refractivity contribution in [2.75, 3.05) is 31.7 Å². The molecule has 1 saturated heterocycles. The molecule has 0 aromatic heterocycles. The van der Waals surface area contributed by atoms with E-state index < -0.39 is 0 Å². The Balaban J connectivity index is 1.54. The van der Waals surface area contributed by atoms with Crippen molar-refractivity contribution in [2.45, 2.75) is 25.8 Å². The number of benzene rings is 3. The summed E-state index contributed by atoms with van der Waals surface area (Å²) in [7, 11) is 1.61. The Hall–Kier alpha value is -3.65. The van der Waals surface area contributed by atoms with Gasteiger partial charge in [-0.1, -0.05) is 45.4 Å². The molecule has 3 aromatic rings. The van der Waals surface area contributed by atoms with Crippen LogP contribution in [0.15, 0.2) is 82.4 Å². The average Bonchev–Trinajstić information content (AvgIpc) is 2.95. The Kier molecular flexibility index (Phi) is 9.32. The number of amides is 2. The number of methoxy groups -OCH3 is 1. The van der Waals surface area contributed by atoms with E-state index in [1.807, 2.05) is 71.6 Å². The summed E-state index contributed by atoms with van der Waals surface area (Å²) in [6.45, 7) is 1.49. The third kappa shape index (κ3) is 7.20. The number of piperidine rings is 1. The standard InChI is InChI=1S/C29H30BrN3O4/c1-36-25-15-11-22(12-16-25)19-31-37-21-28(34)33(20-23-9-13-24(30)14-10-23)27-8-4-3-7-26(27)29(35)32-17-5-2-6-18-32/h3-4,7-16,19H,2,5-6,17-18,20-21H2,1H3. The van der Waals surface area contributed by atoms with Gasteiger partial charge in [0.25, 0.3) is 11.8 Å². The number of carbonyl (C=O) groups is 2. The number of nitrogens with zero attached hydrogens (tertiary/aromatic N) is 3. The van der Waals surface area contributed by atoms with Crippen molar-refractivity contribution in [3.05, 3.63) is 94.0 Å². The van der Waals surface area contributed by atoms with E-state index in [1.165, 1.54) is 0 Å². The lowest BCUT2D eigenvalue weighted by Gasteiger charge is -2.30. The molecule has 1 aliphatic rings. The molecule has 0 atom stereocenters. The van der Waals surface area contributed by atoms with Crippen LogP contribution in [0.4, 0.5) is 5.69 Å². The highest BCUT2D eigenvalue weighted by Gasteiger charge is 2.26. The molecule has 1 aliphatic heterocycles. The number of hydrogen-bond acceptors (Lipinski definition) is 5. The molecular formula is C29H30BrN3O4. The highest BCUT2D eigenvalue weighted by atomic mass is 79.9. The molecule has 1 fully saturated rings. The van der Waals surface area contributed by atoms with Gasteiger partial charge in [0, 0.05) is 17.6 Å². The first-order valence-electron chi connectivity index (χ1n) is 12.3. The molecule has 4 rings (SSSR count). The second-order valence-electron chi connectivity index (χ2n) is 8.76. The third-order valence-corrected chi connectivity index (χ3v) is 6.73. The van der Waals surface area contributed by atoms with Crippen LogP contribution in [0.5, 0.6) is 5.75 Å². The van der Waals surface area contributed by atoms with Gasteiger partial charge in [0.1, 0.15) is 5.75 Å². The van der Waals surface area contributed by atoms with Crippen LogP contribution in [-0.2, 0) is 16.2 Å². The van der Waals surface area contributed by atoms with E-state index in [4.69, 9.17) is 9.57 Å². The van der Waals surface area contributed by atoms with Crippen LogP contribution in [0.25, 0.3) is 0 Å². The van der Waals surface area contributed by atoms with Crippen molar-refractivity contribution in [3.8, 4) is 5.75 Å². The maximum absolute atomic E-state index is 13.4. The second-order valence-corrected chi connectivity index (χ2v) is 9.67. The molecule has 0 radical (unpaired) electrons. The van der Waals surface area contributed by atoms with Crippen LogP contribution in [0.2, 0.25) is 0 Å². The summed E-state index contributed by atoms with van der Waals surface area (Å²) in [5, 5.41) is 3.97. The summed E-state index contributed by atoms with van der Waals surface area (Å²) in [6.07, 6.45) is 4.67. The van der Waals surface area contributed by atoms with Gasteiger partial charge >= 0.3 is 0 Å². The molecular weight excluding hydrogens is 534 g/mol. The van der Waals surface area contributed by atoms with Crippen LogP contribution in [0, 0.1) is 0 Å². The largest absolute Gasteiger partial charge is 0.497 e. The van der Waals surface area contributed by atoms with Crippen LogP contribution in [-0.4, -0.2) is 49.7 Å². The van der Waals surface area contributed by atoms with Crippen LogP contribution in [0.1, 0.15) is 40.7 Å². The summed E-state index contributed by atoms with van der Waals surface area (Å²) in [4.78, 5) is 35.7. The number of ether oxygens (including phenoxy) is 1. The number of hydrogen-bond donors (Lipinski definition) is 0. The fourth-order valence-electron chi connectivity index (χ4n) is 4.20. The van der Waals surface area contributed by atoms with E-state index in [9.17, 15) is 9.59 Å². The minimum Gasteiger partial charge on any atom is -0.497 e. The quantitative estimate of drug-likeness (QED) is 0.248. The highest BCUT2D eigenvalue weighted by Crippen LogP contribution is 2.26. The Labute approximate surface area is 225 Å². The summed E-state index contributed by atoms with van der Waals surface area (Å²) < 4.78 is 6.11. The van der Waals surface area contributed by atoms with Gasteiger partial charge in [-0.2, -0.15) is 0 Å². The smallest absolute Gasteiger partial charge is 0.268 e.